The summed E-state index contributed by atoms with van der Waals surface area (Å²) in [5.41, 5.74) is 4.52. The van der Waals surface area contributed by atoms with Gasteiger partial charge in [-0.3, -0.25) is 4.79 Å². The molecule has 1 aliphatic carbocycles. The summed E-state index contributed by atoms with van der Waals surface area (Å²) in [7, 11) is 0. The third-order valence-corrected chi connectivity index (χ3v) is 6.55. The number of hydrazone groups is 1. The minimum absolute atomic E-state index is 0.0922. The van der Waals surface area contributed by atoms with Crippen molar-refractivity contribution in [2.45, 2.75) is 52.0 Å². The molecule has 7 nitrogen and oxygen atoms in total. The Morgan fingerprint density at radius 1 is 1.55 bits per heavy atom. The molecule has 1 aromatic rings. The van der Waals surface area contributed by atoms with E-state index in [4.69, 9.17) is 14.5 Å². The number of esters is 1. The van der Waals surface area contributed by atoms with E-state index in [-0.39, 0.29) is 24.0 Å². The predicted octanol–water partition coefficient (Wildman–Crippen LogP) is 3.83. The van der Waals surface area contributed by atoms with Gasteiger partial charge in [0.2, 0.25) is 0 Å². The van der Waals surface area contributed by atoms with Crippen LogP contribution in [-0.2, 0) is 26.1 Å². The Balaban J connectivity index is 1.72. The maximum Gasteiger partial charge on any atom is 0.302 e. The van der Waals surface area contributed by atoms with Crippen molar-refractivity contribution in [2.75, 3.05) is 13.2 Å². The minimum Gasteiger partial charge on any atom is -0.497 e. The highest BCUT2D eigenvalue weighted by molar-refractivity contribution is 9.11. The van der Waals surface area contributed by atoms with Crippen LogP contribution in [0.15, 0.2) is 32.5 Å². The summed E-state index contributed by atoms with van der Waals surface area (Å²) in [6.07, 6.45) is 7.36. The molecule has 2 atom stereocenters. The van der Waals surface area contributed by atoms with Crippen LogP contribution in [0.5, 0.6) is 0 Å². The number of thiazole rings is 1. The third kappa shape index (κ3) is 5.14. The lowest BCUT2D eigenvalue weighted by atomic mass is 9.78. The molecule has 29 heavy (non-hydrogen) atoms. The van der Waals surface area contributed by atoms with Crippen molar-refractivity contribution in [3.63, 3.8) is 0 Å². The molecule has 0 fully saturated rings. The van der Waals surface area contributed by atoms with Gasteiger partial charge in [0, 0.05) is 22.7 Å². The van der Waals surface area contributed by atoms with Gasteiger partial charge in [-0.1, -0.05) is 22.0 Å². The van der Waals surface area contributed by atoms with E-state index in [2.05, 4.69) is 44.4 Å². The number of nitrogens with zero attached hydrogens (tertiary/aromatic N) is 3. The number of carbonyl (C=O) groups is 1. The van der Waals surface area contributed by atoms with Crippen LogP contribution in [-0.4, -0.2) is 42.3 Å². The van der Waals surface area contributed by atoms with E-state index >= 15 is 0 Å². The van der Waals surface area contributed by atoms with E-state index in [1.165, 1.54) is 18.1 Å². The molecular weight excluding hydrogens is 456 g/mol. The number of fused-ring (bicyclic) bond motifs is 3. The fourth-order valence-electron chi connectivity index (χ4n) is 3.13. The van der Waals surface area contributed by atoms with Crippen LogP contribution < -0.4 is 5.43 Å². The van der Waals surface area contributed by atoms with Gasteiger partial charge < -0.3 is 14.9 Å². The minimum atomic E-state index is -0.307. The van der Waals surface area contributed by atoms with E-state index < -0.39 is 0 Å². The van der Waals surface area contributed by atoms with Gasteiger partial charge in [-0.25, -0.2) is 9.98 Å². The summed E-state index contributed by atoms with van der Waals surface area (Å²) in [6, 6.07) is -0.0922. The number of halogens is 1. The Bertz CT molecular complexity index is 906. The average Bonchev–Trinajstić information content (AvgIpc) is 3.06. The van der Waals surface area contributed by atoms with Gasteiger partial charge in [0.05, 0.1) is 29.5 Å². The highest BCUT2D eigenvalue weighted by atomic mass is 79.9. The topological polar surface area (TPSA) is 85.2 Å². The van der Waals surface area contributed by atoms with Crippen molar-refractivity contribution in [2.24, 2.45) is 10.1 Å². The first kappa shape index (κ1) is 21.7. The van der Waals surface area contributed by atoms with Gasteiger partial charge >= 0.3 is 5.97 Å². The van der Waals surface area contributed by atoms with E-state index in [1.54, 1.807) is 11.3 Å². The number of hydrogen-bond acceptors (Lipinski definition) is 7. The summed E-state index contributed by atoms with van der Waals surface area (Å²) < 4.78 is 12.0. The number of allylic oxidation sites excluding steroid dienone is 4. The van der Waals surface area contributed by atoms with Gasteiger partial charge in [0.1, 0.15) is 23.7 Å². The fraction of sp³-hybridized carbons (Fsp3) is 0.500. The van der Waals surface area contributed by atoms with E-state index in [1.807, 2.05) is 19.9 Å². The molecule has 0 aromatic carbocycles. The zero-order chi connectivity index (χ0) is 21.0. The highest BCUT2D eigenvalue weighted by Crippen LogP contribution is 2.45. The molecule has 0 bridgehead atoms. The zero-order valence-corrected chi connectivity index (χ0v) is 19.4. The highest BCUT2D eigenvalue weighted by Gasteiger charge is 2.40. The van der Waals surface area contributed by atoms with Crippen molar-refractivity contribution >= 4 is 45.3 Å². The molecule has 9 heteroatoms. The van der Waals surface area contributed by atoms with E-state index in [0.29, 0.717) is 6.61 Å². The summed E-state index contributed by atoms with van der Waals surface area (Å²) in [5, 5.41) is 4.97. The number of aliphatic imine (C=N–C) groups is 1. The molecule has 0 saturated heterocycles. The molecule has 0 spiro atoms. The Kier molecular flexibility index (Phi) is 6.89. The molecule has 0 radical (unpaired) electrons. The molecule has 0 saturated carbocycles. The summed E-state index contributed by atoms with van der Waals surface area (Å²) >= 11 is 5.22. The maximum atomic E-state index is 10.8. The number of ether oxygens (including phenoxy) is 2. The van der Waals surface area contributed by atoms with Crippen LogP contribution in [0.1, 0.15) is 49.7 Å². The Hall–Kier alpha value is -2.00. The smallest absolute Gasteiger partial charge is 0.302 e. The van der Waals surface area contributed by atoms with Crippen molar-refractivity contribution in [3.8, 4) is 0 Å². The molecule has 2 aliphatic rings. The monoisotopic (exact) mass is 480 g/mol. The normalized spacial score (nSPS) is 22.6. The molecule has 3 rings (SSSR count). The van der Waals surface area contributed by atoms with Gasteiger partial charge in [-0.2, -0.15) is 5.10 Å². The Morgan fingerprint density at radius 3 is 3.10 bits per heavy atom. The number of hydrogen-bond donors (Lipinski definition) is 1. The van der Waals surface area contributed by atoms with Crippen LogP contribution >= 0.6 is 27.3 Å². The molecular formula is C20H25BrN4O3S. The largest absolute Gasteiger partial charge is 0.497 e. The Labute approximate surface area is 183 Å². The molecule has 2 heterocycles. The quantitative estimate of drug-likeness (QED) is 0.289. The summed E-state index contributed by atoms with van der Waals surface area (Å²) in [4.78, 5) is 21.4. The first-order valence-electron chi connectivity index (χ1n) is 9.45. The molecule has 2 unspecified atom stereocenters. The summed E-state index contributed by atoms with van der Waals surface area (Å²) in [5.74, 6) is 0.655. The zero-order valence-electron chi connectivity index (χ0n) is 17.0. The van der Waals surface area contributed by atoms with Crippen LogP contribution in [0.25, 0.3) is 0 Å². The van der Waals surface area contributed by atoms with Crippen LogP contribution in [0.4, 0.5) is 0 Å². The van der Waals surface area contributed by atoms with Crippen LogP contribution in [0.2, 0.25) is 0 Å². The first-order valence-corrected chi connectivity index (χ1v) is 11.1. The lowest BCUT2D eigenvalue weighted by Gasteiger charge is -2.31. The van der Waals surface area contributed by atoms with Crippen molar-refractivity contribution < 1.29 is 14.3 Å². The maximum absolute atomic E-state index is 10.8. The molecule has 1 aromatic heterocycles. The van der Waals surface area contributed by atoms with Gasteiger partial charge in [-0.05, 0) is 33.3 Å². The number of carbonyl (C=O) groups excluding carboxylic acids is 1. The van der Waals surface area contributed by atoms with Crippen molar-refractivity contribution in [1.29, 1.82) is 0 Å². The lowest BCUT2D eigenvalue weighted by molar-refractivity contribution is -0.141. The van der Waals surface area contributed by atoms with Gasteiger partial charge in [-0.15, -0.1) is 11.3 Å². The molecule has 156 valence electrons. The first-order chi connectivity index (χ1) is 13.8. The van der Waals surface area contributed by atoms with Crippen molar-refractivity contribution in [3.05, 3.63) is 38.0 Å². The lowest BCUT2D eigenvalue weighted by Crippen LogP contribution is -2.28. The van der Waals surface area contributed by atoms with Crippen LogP contribution in [0, 0.1) is 0 Å². The van der Waals surface area contributed by atoms with E-state index in [0.717, 1.165) is 39.5 Å². The number of rotatable bonds is 6. The molecule has 0 amide bonds. The van der Waals surface area contributed by atoms with E-state index in [9.17, 15) is 4.79 Å². The second-order valence-corrected chi connectivity index (χ2v) is 9.31. The Morgan fingerprint density at radius 2 is 2.34 bits per heavy atom. The molecule has 1 N–H and O–H groups in total. The summed E-state index contributed by atoms with van der Waals surface area (Å²) in [6.45, 7) is 8.28. The SMILES string of the molecule is CC(=O)OCC(C)N/N=C\N=C(C)c1nc2c(s1)CCOC1=CC(Br)=CCC12C. The fourth-order valence-corrected chi connectivity index (χ4v) is 4.63. The van der Waals surface area contributed by atoms with Gasteiger partial charge in [0.15, 0.2) is 0 Å². The van der Waals surface area contributed by atoms with Crippen molar-refractivity contribution in [1.82, 2.24) is 10.4 Å². The third-order valence-electron chi connectivity index (χ3n) is 4.77. The number of aromatic nitrogens is 1. The standard InChI is InChI=1S/C20H25BrN4O3S/c1-12(10-28-14(3)26)25-23-11-22-13(2)19-24-18-16(29-19)6-8-27-17-9-15(21)5-7-20(17,18)4/h5,9,11-12,25H,6-8,10H2,1-4H3/b22-13?,23-11-. The number of nitrogens with one attached hydrogen (secondary N) is 1. The predicted molar refractivity (Wildman–Crippen MR) is 119 cm³/mol. The second kappa shape index (κ2) is 9.21. The van der Waals surface area contributed by atoms with Crippen LogP contribution in [0.3, 0.4) is 0 Å². The molecule has 1 aliphatic heterocycles. The second-order valence-electron chi connectivity index (χ2n) is 7.31. The van der Waals surface area contributed by atoms with Gasteiger partial charge in [0.25, 0.3) is 0 Å². The average molecular weight is 481 g/mol.